The second kappa shape index (κ2) is 3.84. The molecule has 0 radical (unpaired) electrons. The van der Waals surface area contributed by atoms with Gasteiger partial charge in [0.2, 0.25) is 5.43 Å². The summed E-state index contributed by atoms with van der Waals surface area (Å²) in [7, 11) is 1.50. The summed E-state index contributed by atoms with van der Waals surface area (Å²) in [6, 6.07) is 9.42. The molecule has 0 unspecified atom stereocenters. The van der Waals surface area contributed by atoms with Crippen molar-refractivity contribution in [2.45, 2.75) is 0 Å². The van der Waals surface area contributed by atoms with E-state index in [4.69, 9.17) is 4.74 Å². The van der Waals surface area contributed by atoms with Gasteiger partial charge in [0, 0.05) is 10.9 Å². The number of benzene rings is 2. The summed E-state index contributed by atoms with van der Waals surface area (Å²) in [6.07, 6.45) is 0. The van der Waals surface area contributed by atoms with Crippen molar-refractivity contribution < 1.29 is 9.13 Å². The van der Waals surface area contributed by atoms with Crippen molar-refractivity contribution in [1.82, 2.24) is 4.98 Å². The maximum atomic E-state index is 13.2. The first-order chi connectivity index (χ1) is 8.70. The van der Waals surface area contributed by atoms with Crippen molar-refractivity contribution in [2.24, 2.45) is 0 Å². The lowest BCUT2D eigenvalue weighted by molar-refractivity contribution is 0.419. The summed E-state index contributed by atoms with van der Waals surface area (Å²) >= 11 is 0. The van der Waals surface area contributed by atoms with Gasteiger partial charge in [0.25, 0.3) is 0 Å². The minimum absolute atomic E-state index is 0.226. The summed E-state index contributed by atoms with van der Waals surface area (Å²) < 4.78 is 18.4. The summed E-state index contributed by atoms with van der Waals surface area (Å²) in [4.78, 5) is 15.5. The van der Waals surface area contributed by atoms with Crippen LogP contribution >= 0.6 is 0 Å². The molecule has 1 aromatic heterocycles. The molecular weight excluding hydrogens is 233 g/mol. The van der Waals surface area contributed by atoms with E-state index in [9.17, 15) is 9.18 Å². The number of ether oxygens (including phenoxy) is 1. The Morgan fingerprint density at radius 3 is 2.78 bits per heavy atom. The molecule has 3 aromatic rings. The van der Waals surface area contributed by atoms with Crippen molar-refractivity contribution >= 4 is 21.8 Å². The predicted molar refractivity (Wildman–Crippen MR) is 68.6 cm³/mol. The number of nitrogens with one attached hydrogen (secondary N) is 1. The van der Waals surface area contributed by atoms with Crippen molar-refractivity contribution in [3.05, 3.63) is 52.4 Å². The molecule has 90 valence electrons. The first-order valence-electron chi connectivity index (χ1n) is 5.49. The molecule has 1 N–H and O–H groups in total. The van der Waals surface area contributed by atoms with E-state index in [-0.39, 0.29) is 5.43 Å². The van der Waals surface area contributed by atoms with E-state index in [1.165, 1.54) is 19.2 Å². The van der Waals surface area contributed by atoms with Gasteiger partial charge in [-0.15, -0.1) is 0 Å². The zero-order valence-electron chi connectivity index (χ0n) is 9.66. The fraction of sp³-hybridized carbons (Fsp3) is 0.0714. The molecule has 0 saturated carbocycles. The quantitative estimate of drug-likeness (QED) is 0.668. The van der Waals surface area contributed by atoms with Crippen LogP contribution in [0.15, 0.2) is 41.2 Å². The van der Waals surface area contributed by atoms with Crippen LogP contribution in [0.5, 0.6) is 5.75 Å². The number of H-pyrrole nitrogens is 1. The molecule has 0 saturated heterocycles. The van der Waals surface area contributed by atoms with Gasteiger partial charge in [0.1, 0.15) is 11.6 Å². The summed E-state index contributed by atoms with van der Waals surface area (Å²) in [5.74, 6) is 0.0576. The van der Waals surface area contributed by atoms with Crippen molar-refractivity contribution in [3.8, 4) is 5.75 Å². The molecule has 0 aliphatic heterocycles. The largest absolute Gasteiger partial charge is 0.496 e. The summed E-state index contributed by atoms with van der Waals surface area (Å²) in [5, 5.41) is 0.769. The van der Waals surface area contributed by atoms with Crippen LogP contribution in [-0.2, 0) is 0 Å². The number of aromatic nitrogens is 1. The number of hydrogen-bond acceptors (Lipinski definition) is 2. The fourth-order valence-electron chi connectivity index (χ4n) is 2.13. The molecule has 3 nitrogen and oxygen atoms in total. The maximum absolute atomic E-state index is 13.2. The van der Waals surface area contributed by atoms with Gasteiger partial charge in [0.15, 0.2) is 0 Å². The second-order valence-corrected chi connectivity index (χ2v) is 4.03. The second-order valence-electron chi connectivity index (χ2n) is 4.03. The Morgan fingerprint density at radius 1 is 1.17 bits per heavy atom. The van der Waals surface area contributed by atoms with Gasteiger partial charge in [-0.2, -0.15) is 0 Å². The van der Waals surface area contributed by atoms with Crippen LogP contribution in [0.4, 0.5) is 4.39 Å². The van der Waals surface area contributed by atoms with E-state index >= 15 is 0 Å². The highest BCUT2D eigenvalue weighted by Crippen LogP contribution is 2.23. The Hall–Kier alpha value is -2.36. The maximum Gasteiger partial charge on any atom is 0.201 e. The lowest BCUT2D eigenvalue weighted by atomic mass is 10.1. The highest BCUT2D eigenvalue weighted by Gasteiger charge is 2.10. The third-order valence-corrected chi connectivity index (χ3v) is 2.97. The standard InChI is InChI=1S/C14H10FNO2/c1-18-12-4-2-3-11-13(12)14(17)9-7-8(15)5-6-10(9)16-11/h2-7H,1H3,(H,16,17). The van der Waals surface area contributed by atoms with E-state index in [1.807, 2.05) is 0 Å². The van der Waals surface area contributed by atoms with Crippen molar-refractivity contribution in [1.29, 1.82) is 0 Å². The number of pyridine rings is 1. The topological polar surface area (TPSA) is 42.1 Å². The van der Waals surface area contributed by atoms with Gasteiger partial charge < -0.3 is 9.72 Å². The first-order valence-corrected chi connectivity index (χ1v) is 5.49. The minimum Gasteiger partial charge on any atom is -0.496 e. The van der Waals surface area contributed by atoms with Crippen LogP contribution in [0.2, 0.25) is 0 Å². The van der Waals surface area contributed by atoms with E-state index < -0.39 is 5.82 Å². The van der Waals surface area contributed by atoms with Crippen LogP contribution in [-0.4, -0.2) is 12.1 Å². The highest BCUT2D eigenvalue weighted by molar-refractivity contribution is 5.95. The average molecular weight is 243 g/mol. The number of fused-ring (bicyclic) bond motifs is 2. The fourth-order valence-corrected chi connectivity index (χ4v) is 2.13. The van der Waals surface area contributed by atoms with Gasteiger partial charge in [-0.1, -0.05) is 6.07 Å². The molecular formula is C14H10FNO2. The SMILES string of the molecule is COc1cccc2[nH]c3ccc(F)cc3c(=O)c12. The molecule has 0 spiro atoms. The molecule has 0 amide bonds. The minimum atomic E-state index is -0.428. The zero-order chi connectivity index (χ0) is 12.7. The molecule has 4 heteroatoms. The molecule has 0 bridgehead atoms. The number of methoxy groups -OCH3 is 1. The Balaban J connectivity index is 2.58. The Morgan fingerprint density at radius 2 is 2.00 bits per heavy atom. The Labute approximate surface area is 102 Å². The van der Waals surface area contributed by atoms with Gasteiger partial charge >= 0.3 is 0 Å². The molecule has 0 fully saturated rings. The van der Waals surface area contributed by atoms with Crippen LogP contribution in [0.3, 0.4) is 0 Å². The smallest absolute Gasteiger partial charge is 0.201 e. The van der Waals surface area contributed by atoms with E-state index in [0.717, 1.165) is 0 Å². The summed E-state index contributed by atoms with van der Waals surface area (Å²) in [6.45, 7) is 0. The molecule has 2 aromatic carbocycles. The van der Waals surface area contributed by atoms with Crippen molar-refractivity contribution in [2.75, 3.05) is 7.11 Å². The third kappa shape index (κ3) is 1.46. The normalized spacial score (nSPS) is 11.0. The summed E-state index contributed by atoms with van der Waals surface area (Å²) in [5.41, 5.74) is 1.07. The predicted octanol–water partition coefficient (Wildman–Crippen LogP) is 2.83. The van der Waals surface area contributed by atoms with Crippen LogP contribution in [0.25, 0.3) is 21.8 Å². The highest BCUT2D eigenvalue weighted by atomic mass is 19.1. The molecule has 0 aliphatic carbocycles. The third-order valence-electron chi connectivity index (χ3n) is 2.97. The van der Waals surface area contributed by atoms with Gasteiger partial charge in [-0.05, 0) is 30.3 Å². The first kappa shape index (κ1) is 10.8. The van der Waals surface area contributed by atoms with Crippen LogP contribution < -0.4 is 10.2 Å². The molecule has 3 rings (SSSR count). The van der Waals surface area contributed by atoms with Gasteiger partial charge in [-0.3, -0.25) is 4.79 Å². The molecule has 0 atom stereocenters. The van der Waals surface area contributed by atoms with Gasteiger partial charge in [0.05, 0.1) is 18.0 Å². The van der Waals surface area contributed by atoms with Crippen LogP contribution in [0, 0.1) is 5.82 Å². The van der Waals surface area contributed by atoms with Gasteiger partial charge in [-0.25, -0.2) is 4.39 Å². The molecule has 0 aliphatic rings. The molecule has 1 heterocycles. The van der Waals surface area contributed by atoms with E-state index in [0.29, 0.717) is 27.6 Å². The van der Waals surface area contributed by atoms with Crippen molar-refractivity contribution in [3.63, 3.8) is 0 Å². The number of rotatable bonds is 1. The number of hydrogen-bond donors (Lipinski definition) is 1. The Bertz CT molecular complexity index is 808. The average Bonchev–Trinajstić information content (AvgIpc) is 2.39. The van der Waals surface area contributed by atoms with Crippen LogP contribution in [0.1, 0.15) is 0 Å². The number of halogens is 1. The monoisotopic (exact) mass is 243 g/mol. The zero-order valence-corrected chi connectivity index (χ0v) is 9.66. The van der Waals surface area contributed by atoms with E-state index in [1.54, 1.807) is 24.3 Å². The lowest BCUT2D eigenvalue weighted by Crippen LogP contribution is -2.06. The lowest BCUT2D eigenvalue weighted by Gasteiger charge is -2.06. The Kier molecular flexibility index (Phi) is 2.30. The number of aromatic amines is 1. The molecule has 18 heavy (non-hydrogen) atoms. The van der Waals surface area contributed by atoms with E-state index in [2.05, 4.69) is 4.98 Å².